The van der Waals surface area contributed by atoms with Gasteiger partial charge in [0.15, 0.2) is 0 Å². The highest BCUT2D eigenvalue weighted by atomic mass is 16.5. The standard InChI is InChI=1S/C14H21NO3/c1-3-4-5-6-10-18-14(17)11-15-12(2)8-7-9-13(15)16/h7-9H,3-6,10-11H2,1-2H3. The first-order valence-corrected chi connectivity index (χ1v) is 6.47. The molecule has 0 aliphatic carbocycles. The first kappa shape index (κ1) is 14.5. The number of esters is 1. The van der Waals surface area contributed by atoms with Crippen LogP contribution in [0.15, 0.2) is 23.0 Å². The summed E-state index contributed by atoms with van der Waals surface area (Å²) in [6, 6.07) is 4.93. The van der Waals surface area contributed by atoms with Gasteiger partial charge < -0.3 is 9.30 Å². The molecule has 100 valence electrons. The second kappa shape index (κ2) is 7.69. The number of hydrogen-bond donors (Lipinski definition) is 0. The van der Waals surface area contributed by atoms with Gasteiger partial charge in [-0.3, -0.25) is 9.59 Å². The van der Waals surface area contributed by atoms with Crippen molar-refractivity contribution in [2.75, 3.05) is 6.61 Å². The van der Waals surface area contributed by atoms with Gasteiger partial charge in [-0.1, -0.05) is 32.3 Å². The van der Waals surface area contributed by atoms with Crippen LogP contribution >= 0.6 is 0 Å². The quantitative estimate of drug-likeness (QED) is 0.552. The molecule has 0 spiro atoms. The Hall–Kier alpha value is -1.58. The van der Waals surface area contributed by atoms with Crippen molar-refractivity contribution in [3.05, 3.63) is 34.2 Å². The van der Waals surface area contributed by atoms with E-state index >= 15 is 0 Å². The Morgan fingerprint density at radius 1 is 1.28 bits per heavy atom. The predicted molar refractivity (Wildman–Crippen MR) is 70.5 cm³/mol. The number of aryl methyl sites for hydroxylation is 1. The second-order valence-electron chi connectivity index (χ2n) is 4.37. The van der Waals surface area contributed by atoms with E-state index in [1.54, 1.807) is 19.1 Å². The summed E-state index contributed by atoms with van der Waals surface area (Å²) in [6.07, 6.45) is 4.29. The van der Waals surface area contributed by atoms with Crippen LogP contribution in [0.2, 0.25) is 0 Å². The lowest BCUT2D eigenvalue weighted by Crippen LogP contribution is -2.26. The minimum absolute atomic E-state index is 0.000710. The number of aromatic nitrogens is 1. The Morgan fingerprint density at radius 2 is 2.06 bits per heavy atom. The average Bonchev–Trinajstić information content (AvgIpc) is 2.34. The minimum Gasteiger partial charge on any atom is -0.464 e. The van der Waals surface area contributed by atoms with E-state index in [0.717, 1.165) is 31.4 Å². The van der Waals surface area contributed by atoms with Gasteiger partial charge in [-0.25, -0.2) is 0 Å². The predicted octanol–water partition coefficient (Wildman–Crippen LogP) is 2.28. The van der Waals surface area contributed by atoms with Gasteiger partial charge in [-0.2, -0.15) is 0 Å². The molecule has 1 heterocycles. The van der Waals surface area contributed by atoms with Crippen molar-refractivity contribution in [1.82, 2.24) is 4.57 Å². The maximum absolute atomic E-state index is 11.6. The highest BCUT2D eigenvalue weighted by molar-refractivity contribution is 5.69. The monoisotopic (exact) mass is 251 g/mol. The molecule has 1 rings (SSSR count). The van der Waals surface area contributed by atoms with Crippen LogP contribution in [0.1, 0.15) is 38.3 Å². The number of rotatable bonds is 7. The summed E-state index contributed by atoms with van der Waals surface area (Å²) in [5.74, 6) is -0.345. The Kier molecular flexibility index (Phi) is 6.19. The van der Waals surface area contributed by atoms with Crippen LogP contribution in [0.25, 0.3) is 0 Å². The number of carbonyl (C=O) groups excluding carboxylic acids is 1. The minimum atomic E-state index is -0.345. The summed E-state index contributed by atoms with van der Waals surface area (Å²) >= 11 is 0. The zero-order valence-electron chi connectivity index (χ0n) is 11.1. The molecule has 0 N–H and O–H groups in total. The first-order valence-electron chi connectivity index (χ1n) is 6.47. The molecule has 0 aliphatic heterocycles. The van der Waals surface area contributed by atoms with Crippen LogP contribution in [0.5, 0.6) is 0 Å². The number of carbonyl (C=O) groups is 1. The summed E-state index contributed by atoms with van der Waals surface area (Å²) in [5.41, 5.74) is 0.600. The zero-order chi connectivity index (χ0) is 13.4. The van der Waals surface area contributed by atoms with Gasteiger partial charge in [0.05, 0.1) is 6.61 Å². The van der Waals surface area contributed by atoms with Gasteiger partial charge in [-0.15, -0.1) is 0 Å². The third-order valence-corrected chi connectivity index (χ3v) is 2.82. The molecule has 1 aromatic heterocycles. The number of ether oxygens (including phenoxy) is 1. The lowest BCUT2D eigenvalue weighted by atomic mass is 10.2. The molecule has 0 saturated heterocycles. The van der Waals surface area contributed by atoms with Gasteiger partial charge in [0.25, 0.3) is 5.56 Å². The molecule has 0 aliphatic rings. The second-order valence-corrected chi connectivity index (χ2v) is 4.37. The van der Waals surface area contributed by atoms with Gasteiger partial charge in [0, 0.05) is 11.8 Å². The van der Waals surface area contributed by atoms with Gasteiger partial charge in [0.2, 0.25) is 0 Å². The molecule has 0 radical (unpaired) electrons. The van der Waals surface area contributed by atoms with Gasteiger partial charge in [0.1, 0.15) is 6.54 Å². The Balaban J connectivity index is 2.38. The fourth-order valence-corrected chi connectivity index (χ4v) is 1.72. The molecule has 0 bridgehead atoms. The third kappa shape index (κ3) is 4.73. The summed E-state index contributed by atoms with van der Waals surface area (Å²) in [6.45, 7) is 4.38. The van der Waals surface area contributed by atoms with Gasteiger partial charge in [-0.05, 0) is 19.4 Å². The molecule has 18 heavy (non-hydrogen) atoms. The van der Waals surface area contributed by atoms with Crippen LogP contribution < -0.4 is 5.56 Å². The normalized spacial score (nSPS) is 10.3. The molecule has 0 fully saturated rings. The molecule has 0 amide bonds. The number of hydrogen-bond acceptors (Lipinski definition) is 3. The zero-order valence-corrected chi connectivity index (χ0v) is 11.1. The third-order valence-electron chi connectivity index (χ3n) is 2.82. The van der Waals surface area contributed by atoms with Crippen molar-refractivity contribution in [3.63, 3.8) is 0 Å². The molecular weight excluding hydrogens is 230 g/mol. The van der Waals surface area contributed by atoms with Crippen LogP contribution in [0.3, 0.4) is 0 Å². The maximum Gasteiger partial charge on any atom is 0.326 e. The molecule has 0 unspecified atom stereocenters. The Labute approximate surface area is 108 Å². The van der Waals surface area contributed by atoms with E-state index in [0.29, 0.717) is 6.61 Å². The summed E-state index contributed by atoms with van der Waals surface area (Å²) in [4.78, 5) is 23.1. The lowest BCUT2D eigenvalue weighted by molar-refractivity contribution is -0.144. The first-order chi connectivity index (χ1) is 8.65. The lowest BCUT2D eigenvalue weighted by Gasteiger charge is -2.09. The van der Waals surface area contributed by atoms with Crippen molar-refractivity contribution in [1.29, 1.82) is 0 Å². The smallest absolute Gasteiger partial charge is 0.326 e. The SMILES string of the molecule is CCCCCCOC(=O)Cn1c(C)cccc1=O. The van der Waals surface area contributed by atoms with E-state index in [4.69, 9.17) is 4.74 Å². The number of pyridine rings is 1. The highest BCUT2D eigenvalue weighted by Crippen LogP contribution is 2.00. The van der Waals surface area contributed by atoms with Crippen molar-refractivity contribution < 1.29 is 9.53 Å². The molecule has 0 aromatic carbocycles. The fraction of sp³-hybridized carbons (Fsp3) is 0.571. The fourth-order valence-electron chi connectivity index (χ4n) is 1.72. The van der Waals surface area contributed by atoms with Crippen LogP contribution in [0, 0.1) is 6.92 Å². The van der Waals surface area contributed by atoms with Gasteiger partial charge >= 0.3 is 5.97 Å². The van der Waals surface area contributed by atoms with Crippen molar-refractivity contribution in [3.8, 4) is 0 Å². The van der Waals surface area contributed by atoms with E-state index in [-0.39, 0.29) is 18.1 Å². The molecule has 4 heteroatoms. The van der Waals surface area contributed by atoms with E-state index in [1.165, 1.54) is 10.6 Å². The van der Waals surface area contributed by atoms with E-state index in [9.17, 15) is 9.59 Å². The molecule has 1 aromatic rings. The van der Waals surface area contributed by atoms with Crippen molar-refractivity contribution in [2.24, 2.45) is 0 Å². The average molecular weight is 251 g/mol. The summed E-state index contributed by atoms with van der Waals surface area (Å²) < 4.78 is 6.53. The van der Waals surface area contributed by atoms with Crippen LogP contribution in [-0.4, -0.2) is 17.1 Å². The van der Waals surface area contributed by atoms with Crippen LogP contribution in [-0.2, 0) is 16.1 Å². The molecule has 0 atom stereocenters. The Bertz CT molecular complexity index is 437. The summed E-state index contributed by atoms with van der Waals surface area (Å²) in [7, 11) is 0. The van der Waals surface area contributed by atoms with Crippen molar-refractivity contribution >= 4 is 5.97 Å². The van der Waals surface area contributed by atoms with E-state index in [1.807, 2.05) is 0 Å². The Morgan fingerprint density at radius 3 is 2.72 bits per heavy atom. The molecule has 0 saturated carbocycles. The maximum atomic E-state index is 11.6. The van der Waals surface area contributed by atoms with Crippen LogP contribution in [0.4, 0.5) is 0 Å². The molecular formula is C14H21NO3. The number of nitrogens with zero attached hydrogens (tertiary/aromatic N) is 1. The topological polar surface area (TPSA) is 48.3 Å². The highest BCUT2D eigenvalue weighted by Gasteiger charge is 2.07. The largest absolute Gasteiger partial charge is 0.464 e. The van der Waals surface area contributed by atoms with E-state index in [2.05, 4.69) is 6.92 Å². The molecule has 4 nitrogen and oxygen atoms in total. The number of unbranched alkanes of at least 4 members (excludes halogenated alkanes) is 3. The van der Waals surface area contributed by atoms with E-state index < -0.39 is 0 Å². The van der Waals surface area contributed by atoms with Crippen molar-refractivity contribution in [2.45, 2.75) is 46.1 Å². The summed E-state index contributed by atoms with van der Waals surface area (Å²) in [5, 5.41) is 0.